The van der Waals surface area contributed by atoms with E-state index in [-0.39, 0.29) is 6.04 Å². The first-order valence-electron chi connectivity index (χ1n) is 11.2. The van der Waals surface area contributed by atoms with Gasteiger partial charge in [0.2, 0.25) is 0 Å². The van der Waals surface area contributed by atoms with Crippen LogP contribution in [0, 0.1) is 18.8 Å². The molecule has 0 fully saturated rings. The summed E-state index contributed by atoms with van der Waals surface area (Å²) in [4.78, 5) is 6.87. The Morgan fingerprint density at radius 2 is 1.43 bits per heavy atom. The molecule has 4 aromatic rings. The van der Waals surface area contributed by atoms with Crippen molar-refractivity contribution < 1.29 is 13.2 Å². The number of anilines is 1. The lowest BCUT2D eigenvalue weighted by atomic mass is 9.97. The molecule has 0 radical (unpaired) electrons. The molecule has 172 valence electrons. The van der Waals surface area contributed by atoms with Gasteiger partial charge in [0.15, 0.2) is 0 Å². The third kappa shape index (κ3) is 4.69. The Hall–Kier alpha value is -4.30. The van der Waals surface area contributed by atoms with Crippen LogP contribution in [0.15, 0.2) is 108 Å². The lowest BCUT2D eigenvalue weighted by Gasteiger charge is -2.36. The predicted molar refractivity (Wildman–Crippen MR) is 134 cm³/mol. The van der Waals surface area contributed by atoms with Gasteiger partial charge in [0.1, 0.15) is 11.9 Å². The first-order valence-corrected chi connectivity index (χ1v) is 11.2. The minimum absolute atomic E-state index is 0.385. The van der Waals surface area contributed by atoms with Gasteiger partial charge in [-0.2, -0.15) is 13.2 Å². The molecule has 0 bridgehead atoms. The fraction of sp³-hybridized carbons (Fsp3) is 0.100. The summed E-state index contributed by atoms with van der Waals surface area (Å²) in [5.41, 5.74) is 4.47. The van der Waals surface area contributed by atoms with Gasteiger partial charge in [0, 0.05) is 22.4 Å². The van der Waals surface area contributed by atoms with Crippen molar-refractivity contribution in [3.63, 3.8) is 0 Å². The van der Waals surface area contributed by atoms with Gasteiger partial charge in [-0.05, 0) is 49.4 Å². The van der Waals surface area contributed by atoms with Gasteiger partial charge >= 0.3 is 6.18 Å². The van der Waals surface area contributed by atoms with Crippen LogP contribution in [0.4, 0.5) is 24.5 Å². The van der Waals surface area contributed by atoms with Crippen molar-refractivity contribution in [3.05, 3.63) is 131 Å². The van der Waals surface area contributed by atoms with E-state index in [0.29, 0.717) is 11.4 Å². The zero-order chi connectivity index (χ0) is 24.4. The standard InChI is InChI=1S/C30H21F3N2/c1-21-11-13-22(14-12-21)15-20-28-26-9-5-6-10-27(26)34-29(35(28)25-7-3-2-4-8-25)23-16-18-24(19-17-23)30(31,32)33/h2-14,16-19,28H,1H3. The number of nitrogens with zero attached hydrogens (tertiary/aromatic N) is 2. The van der Waals surface area contributed by atoms with Crippen LogP contribution in [0.1, 0.15) is 33.9 Å². The highest BCUT2D eigenvalue weighted by Crippen LogP contribution is 2.39. The highest BCUT2D eigenvalue weighted by molar-refractivity contribution is 6.13. The molecule has 0 saturated heterocycles. The molecule has 1 unspecified atom stereocenters. The molecule has 2 nitrogen and oxygen atoms in total. The molecule has 5 heteroatoms. The van der Waals surface area contributed by atoms with Crippen LogP contribution < -0.4 is 4.90 Å². The molecular formula is C30H21F3N2. The average Bonchev–Trinajstić information content (AvgIpc) is 2.88. The summed E-state index contributed by atoms with van der Waals surface area (Å²) < 4.78 is 39.6. The third-order valence-corrected chi connectivity index (χ3v) is 5.85. The molecule has 0 N–H and O–H groups in total. The van der Waals surface area contributed by atoms with E-state index in [1.54, 1.807) is 0 Å². The molecule has 0 aliphatic carbocycles. The van der Waals surface area contributed by atoms with Crippen molar-refractivity contribution in [1.29, 1.82) is 0 Å². The minimum Gasteiger partial charge on any atom is -0.307 e. The number of fused-ring (bicyclic) bond motifs is 1. The van der Waals surface area contributed by atoms with Crippen molar-refractivity contribution >= 4 is 17.2 Å². The Kier molecular flexibility index (Phi) is 5.88. The smallest absolute Gasteiger partial charge is 0.307 e. The maximum absolute atomic E-state index is 13.2. The molecular weight excluding hydrogens is 445 g/mol. The highest BCUT2D eigenvalue weighted by Gasteiger charge is 2.33. The van der Waals surface area contributed by atoms with Gasteiger partial charge in [0.25, 0.3) is 0 Å². The summed E-state index contributed by atoms with van der Waals surface area (Å²) in [6, 6.07) is 30.1. The molecule has 1 atom stereocenters. The second-order valence-electron chi connectivity index (χ2n) is 8.31. The van der Waals surface area contributed by atoms with Gasteiger partial charge in [-0.25, -0.2) is 4.99 Å². The SMILES string of the molecule is Cc1ccc(C#CC2c3ccccc3N=C(c3ccc(C(F)(F)F)cc3)N2c2ccccc2)cc1. The van der Waals surface area contributed by atoms with E-state index in [2.05, 4.69) is 11.8 Å². The molecule has 4 aromatic carbocycles. The molecule has 1 aliphatic heterocycles. The second-order valence-corrected chi connectivity index (χ2v) is 8.31. The fourth-order valence-electron chi connectivity index (χ4n) is 4.05. The van der Waals surface area contributed by atoms with Crippen molar-refractivity contribution in [1.82, 2.24) is 0 Å². The summed E-state index contributed by atoms with van der Waals surface area (Å²) in [5, 5.41) is 0. The zero-order valence-corrected chi connectivity index (χ0v) is 18.9. The highest BCUT2D eigenvalue weighted by atomic mass is 19.4. The largest absolute Gasteiger partial charge is 0.416 e. The number of rotatable bonds is 2. The first kappa shape index (κ1) is 22.5. The van der Waals surface area contributed by atoms with Gasteiger partial charge in [-0.3, -0.25) is 0 Å². The monoisotopic (exact) mass is 466 g/mol. The number of hydrogen-bond acceptors (Lipinski definition) is 2. The number of hydrogen-bond donors (Lipinski definition) is 0. The van der Waals surface area contributed by atoms with E-state index in [9.17, 15) is 13.2 Å². The number of halogens is 3. The molecule has 0 saturated carbocycles. The second kappa shape index (κ2) is 9.15. The number of para-hydroxylation sites is 2. The van der Waals surface area contributed by atoms with Crippen LogP contribution in [0.25, 0.3) is 0 Å². The van der Waals surface area contributed by atoms with E-state index < -0.39 is 11.7 Å². The summed E-state index contributed by atoms with van der Waals surface area (Å²) in [6.07, 6.45) is -4.40. The summed E-state index contributed by atoms with van der Waals surface area (Å²) in [6.45, 7) is 2.03. The van der Waals surface area contributed by atoms with E-state index in [1.807, 2.05) is 90.7 Å². The van der Waals surface area contributed by atoms with Crippen LogP contribution in [0.5, 0.6) is 0 Å². The Labute approximate surface area is 202 Å². The quantitative estimate of drug-likeness (QED) is 0.276. The summed E-state index contributed by atoms with van der Waals surface area (Å²) >= 11 is 0. The number of aliphatic imine (C=N–C) groups is 1. The maximum Gasteiger partial charge on any atom is 0.416 e. The zero-order valence-electron chi connectivity index (χ0n) is 18.9. The van der Waals surface area contributed by atoms with E-state index in [1.165, 1.54) is 12.1 Å². The van der Waals surface area contributed by atoms with Crippen LogP contribution in [0.3, 0.4) is 0 Å². The topological polar surface area (TPSA) is 15.6 Å². The van der Waals surface area contributed by atoms with E-state index in [0.717, 1.165) is 40.2 Å². The number of amidine groups is 1. The Morgan fingerprint density at radius 1 is 0.771 bits per heavy atom. The third-order valence-electron chi connectivity index (χ3n) is 5.85. The van der Waals surface area contributed by atoms with Gasteiger partial charge < -0.3 is 4.90 Å². The number of alkyl halides is 3. The predicted octanol–water partition coefficient (Wildman–Crippen LogP) is 7.71. The van der Waals surface area contributed by atoms with Crippen LogP contribution in [-0.4, -0.2) is 5.84 Å². The summed E-state index contributed by atoms with van der Waals surface area (Å²) in [5.74, 6) is 7.25. The number of aryl methyl sites for hydroxylation is 1. The van der Waals surface area contributed by atoms with E-state index >= 15 is 0 Å². The fourth-order valence-corrected chi connectivity index (χ4v) is 4.05. The maximum atomic E-state index is 13.2. The normalized spacial score (nSPS) is 15.0. The van der Waals surface area contributed by atoms with Crippen molar-refractivity contribution in [2.75, 3.05) is 4.90 Å². The Balaban J connectivity index is 1.67. The number of benzene rings is 4. The van der Waals surface area contributed by atoms with Crippen molar-refractivity contribution in [2.45, 2.75) is 19.1 Å². The lowest BCUT2D eigenvalue weighted by molar-refractivity contribution is -0.137. The van der Waals surface area contributed by atoms with E-state index in [4.69, 9.17) is 4.99 Å². The molecule has 0 amide bonds. The molecule has 0 spiro atoms. The van der Waals surface area contributed by atoms with Crippen molar-refractivity contribution in [3.8, 4) is 11.8 Å². The van der Waals surface area contributed by atoms with Crippen molar-refractivity contribution in [2.24, 2.45) is 4.99 Å². The van der Waals surface area contributed by atoms with Crippen LogP contribution in [-0.2, 0) is 6.18 Å². The molecule has 5 rings (SSSR count). The average molecular weight is 467 g/mol. The lowest BCUT2D eigenvalue weighted by Crippen LogP contribution is -2.37. The molecule has 1 aliphatic rings. The van der Waals surface area contributed by atoms with Gasteiger partial charge in [-0.15, -0.1) is 0 Å². The Bertz CT molecular complexity index is 1430. The van der Waals surface area contributed by atoms with Gasteiger partial charge in [-0.1, -0.05) is 78.1 Å². The molecule has 0 aromatic heterocycles. The first-order chi connectivity index (χ1) is 16.9. The summed E-state index contributed by atoms with van der Waals surface area (Å²) in [7, 11) is 0. The minimum atomic E-state index is -4.40. The van der Waals surface area contributed by atoms with Crippen LogP contribution >= 0.6 is 0 Å². The molecule has 35 heavy (non-hydrogen) atoms. The van der Waals surface area contributed by atoms with Gasteiger partial charge in [0.05, 0.1) is 11.3 Å². The molecule has 1 heterocycles. The van der Waals surface area contributed by atoms with Crippen LogP contribution in [0.2, 0.25) is 0 Å². The Morgan fingerprint density at radius 3 is 2.11 bits per heavy atom.